The molecular formula is C18H30N2O. The Balaban J connectivity index is 2.63. The summed E-state index contributed by atoms with van der Waals surface area (Å²) in [5, 5.41) is 3.06. The maximum atomic E-state index is 12.3. The fourth-order valence-corrected chi connectivity index (χ4v) is 2.47. The van der Waals surface area contributed by atoms with Crippen molar-refractivity contribution in [1.29, 1.82) is 0 Å². The molecule has 1 rings (SSSR count). The zero-order valence-electron chi connectivity index (χ0n) is 14.2. The summed E-state index contributed by atoms with van der Waals surface area (Å²) in [6.07, 6.45) is 4.83. The first-order chi connectivity index (χ1) is 9.76. The van der Waals surface area contributed by atoms with Crippen molar-refractivity contribution in [3.05, 3.63) is 28.8 Å². The highest BCUT2D eigenvalue weighted by Gasteiger charge is 2.19. The topological polar surface area (TPSA) is 55.1 Å². The van der Waals surface area contributed by atoms with Crippen LogP contribution < -0.4 is 11.1 Å². The molecule has 1 aromatic rings. The fourth-order valence-electron chi connectivity index (χ4n) is 2.47. The standard InChI is InChI=1S/C18H30N2O/c1-6-7-8-9-18(4,5)12-20-17(21)15-11-16(19)14(3)10-13(15)2/h10-11H,6-9,12,19H2,1-5H3,(H,20,21). The van der Waals surface area contributed by atoms with Crippen LogP contribution >= 0.6 is 0 Å². The average Bonchev–Trinajstić information content (AvgIpc) is 2.40. The van der Waals surface area contributed by atoms with Crippen molar-refractivity contribution < 1.29 is 4.79 Å². The summed E-state index contributed by atoms with van der Waals surface area (Å²) in [7, 11) is 0. The minimum atomic E-state index is -0.0252. The van der Waals surface area contributed by atoms with Gasteiger partial charge in [-0.05, 0) is 42.9 Å². The molecule has 21 heavy (non-hydrogen) atoms. The van der Waals surface area contributed by atoms with Crippen molar-refractivity contribution >= 4 is 11.6 Å². The molecule has 0 heterocycles. The lowest BCUT2D eigenvalue weighted by atomic mass is 9.86. The van der Waals surface area contributed by atoms with Crippen LogP contribution in [0, 0.1) is 19.3 Å². The van der Waals surface area contributed by atoms with Crippen LogP contribution in [0.25, 0.3) is 0 Å². The molecule has 0 atom stereocenters. The second-order valence-corrected chi connectivity index (χ2v) is 6.83. The predicted molar refractivity (Wildman–Crippen MR) is 90.6 cm³/mol. The Labute approximate surface area is 129 Å². The smallest absolute Gasteiger partial charge is 0.251 e. The van der Waals surface area contributed by atoms with Gasteiger partial charge in [-0.25, -0.2) is 0 Å². The number of nitrogen functional groups attached to an aromatic ring is 1. The van der Waals surface area contributed by atoms with Crippen molar-refractivity contribution in [2.75, 3.05) is 12.3 Å². The molecule has 0 aromatic heterocycles. The van der Waals surface area contributed by atoms with E-state index >= 15 is 0 Å². The van der Waals surface area contributed by atoms with E-state index in [2.05, 4.69) is 26.1 Å². The largest absolute Gasteiger partial charge is 0.398 e. The molecular weight excluding hydrogens is 260 g/mol. The van der Waals surface area contributed by atoms with Crippen LogP contribution in [0.15, 0.2) is 12.1 Å². The zero-order chi connectivity index (χ0) is 16.0. The van der Waals surface area contributed by atoms with Gasteiger partial charge in [0.15, 0.2) is 0 Å². The molecule has 0 spiro atoms. The summed E-state index contributed by atoms with van der Waals surface area (Å²) in [4.78, 5) is 12.3. The minimum absolute atomic E-state index is 0.0252. The number of hydrogen-bond acceptors (Lipinski definition) is 2. The summed E-state index contributed by atoms with van der Waals surface area (Å²) in [5.74, 6) is -0.0252. The van der Waals surface area contributed by atoms with Gasteiger partial charge < -0.3 is 11.1 Å². The Kier molecular flexibility index (Phi) is 6.25. The van der Waals surface area contributed by atoms with E-state index in [1.165, 1.54) is 19.3 Å². The van der Waals surface area contributed by atoms with E-state index in [-0.39, 0.29) is 11.3 Å². The van der Waals surface area contributed by atoms with Crippen LogP contribution in [0.5, 0.6) is 0 Å². The lowest BCUT2D eigenvalue weighted by molar-refractivity contribution is 0.0933. The number of benzene rings is 1. The highest BCUT2D eigenvalue weighted by atomic mass is 16.1. The van der Waals surface area contributed by atoms with E-state index in [0.717, 1.165) is 17.5 Å². The van der Waals surface area contributed by atoms with Crippen molar-refractivity contribution in [1.82, 2.24) is 5.32 Å². The van der Waals surface area contributed by atoms with E-state index in [9.17, 15) is 4.79 Å². The summed E-state index contributed by atoms with van der Waals surface area (Å²) in [6, 6.07) is 3.75. The first-order valence-corrected chi connectivity index (χ1v) is 7.92. The molecule has 0 unspecified atom stereocenters. The number of rotatable bonds is 7. The van der Waals surface area contributed by atoms with Crippen LogP contribution in [0.3, 0.4) is 0 Å². The molecule has 118 valence electrons. The third-order valence-electron chi connectivity index (χ3n) is 4.04. The van der Waals surface area contributed by atoms with Gasteiger partial charge in [0.1, 0.15) is 0 Å². The molecule has 0 saturated carbocycles. The Hall–Kier alpha value is -1.51. The highest BCUT2D eigenvalue weighted by Crippen LogP contribution is 2.23. The first-order valence-electron chi connectivity index (χ1n) is 7.92. The van der Waals surface area contributed by atoms with Crippen LogP contribution in [-0.2, 0) is 0 Å². The number of aryl methyl sites for hydroxylation is 2. The lowest BCUT2D eigenvalue weighted by Gasteiger charge is -2.25. The second-order valence-electron chi connectivity index (χ2n) is 6.83. The summed E-state index contributed by atoms with van der Waals surface area (Å²) in [6.45, 7) is 11.2. The van der Waals surface area contributed by atoms with Gasteiger partial charge >= 0.3 is 0 Å². The maximum Gasteiger partial charge on any atom is 0.251 e. The van der Waals surface area contributed by atoms with Crippen LogP contribution in [0.4, 0.5) is 5.69 Å². The highest BCUT2D eigenvalue weighted by molar-refractivity contribution is 5.96. The number of amides is 1. The number of carbonyl (C=O) groups is 1. The first kappa shape index (κ1) is 17.5. The van der Waals surface area contributed by atoms with Crippen LogP contribution in [0.1, 0.15) is 67.9 Å². The molecule has 0 fully saturated rings. The van der Waals surface area contributed by atoms with Crippen molar-refractivity contribution in [3.63, 3.8) is 0 Å². The summed E-state index contributed by atoms with van der Waals surface area (Å²) in [5.41, 5.74) is 9.39. The lowest BCUT2D eigenvalue weighted by Crippen LogP contribution is -2.34. The van der Waals surface area contributed by atoms with E-state index in [4.69, 9.17) is 5.73 Å². The third kappa shape index (κ3) is 5.41. The minimum Gasteiger partial charge on any atom is -0.398 e. The molecule has 1 aromatic carbocycles. The van der Waals surface area contributed by atoms with E-state index in [1.54, 1.807) is 6.07 Å². The van der Waals surface area contributed by atoms with Gasteiger partial charge in [0, 0.05) is 17.8 Å². The van der Waals surface area contributed by atoms with Gasteiger partial charge in [-0.1, -0.05) is 46.1 Å². The Bertz CT molecular complexity index is 492. The Morgan fingerprint density at radius 2 is 1.86 bits per heavy atom. The van der Waals surface area contributed by atoms with E-state index < -0.39 is 0 Å². The van der Waals surface area contributed by atoms with Gasteiger partial charge in [-0.3, -0.25) is 4.79 Å². The molecule has 3 heteroatoms. The van der Waals surface area contributed by atoms with Gasteiger partial charge in [-0.2, -0.15) is 0 Å². The van der Waals surface area contributed by atoms with Gasteiger partial charge in [0.2, 0.25) is 0 Å². The van der Waals surface area contributed by atoms with Crippen molar-refractivity contribution in [2.45, 2.75) is 60.3 Å². The third-order valence-corrected chi connectivity index (χ3v) is 4.04. The number of unbranched alkanes of at least 4 members (excludes halogenated alkanes) is 2. The number of nitrogens with one attached hydrogen (secondary N) is 1. The molecule has 3 nitrogen and oxygen atoms in total. The van der Waals surface area contributed by atoms with Crippen molar-refractivity contribution in [2.24, 2.45) is 5.41 Å². The normalized spacial score (nSPS) is 11.5. The number of hydrogen-bond donors (Lipinski definition) is 2. The van der Waals surface area contributed by atoms with Gasteiger partial charge in [-0.15, -0.1) is 0 Å². The molecule has 0 aliphatic heterocycles. The van der Waals surface area contributed by atoms with Crippen LogP contribution in [-0.4, -0.2) is 12.5 Å². The van der Waals surface area contributed by atoms with E-state index in [0.29, 0.717) is 17.8 Å². The molecule has 0 aliphatic carbocycles. The molecule has 0 radical (unpaired) electrons. The second kappa shape index (κ2) is 7.48. The van der Waals surface area contributed by atoms with Gasteiger partial charge in [0.25, 0.3) is 5.91 Å². The Morgan fingerprint density at radius 1 is 1.19 bits per heavy atom. The molecule has 0 bridgehead atoms. The summed E-state index contributed by atoms with van der Waals surface area (Å²) < 4.78 is 0. The maximum absolute atomic E-state index is 12.3. The Morgan fingerprint density at radius 3 is 2.48 bits per heavy atom. The van der Waals surface area contributed by atoms with Crippen molar-refractivity contribution in [3.8, 4) is 0 Å². The summed E-state index contributed by atoms with van der Waals surface area (Å²) >= 11 is 0. The number of anilines is 1. The number of nitrogens with two attached hydrogens (primary N) is 1. The quantitative estimate of drug-likeness (QED) is 0.583. The monoisotopic (exact) mass is 290 g/mol. The SMILES string of the molecule is CCCCCC(C)(C)CNC(=O)c1cc(N)c(C)cc1C. The molecule has 3 N–H and O–H groups in total. The molecule has 1 amide bonds. The van der Waals surface area contributed by atoms with Crippen LogP contribution in [0.2, 0.25) is 0 Å². The number of carbonyl (C=O) groups excluding carboxylic acids is 1. The molecule has 0 saturated heterocycles. The fraction of sp³-hybridized carbons (Fsp3) is 0.611. The van der Waals surface area contributed by atoms with Gasteiger partial charge in [0.05, 0.1) is 0 Å². The predicted octanol–water partition coefficient (Wildman–Crippen LogP) is 4.22. The van der Waals surface area contributed by atoms with E-state index in [1.807, 2.05) is 19.9 Å². The zero-order valence-corrected chi connectivity index (χ0v) is 14.2. The average molecular weight is 290 g/mol. The molecule has 0 aliphatic rings.